The maximum absolute atomic E-state index is 11.3. The van der Waals surface area contributed by atoms with Gasteiger partial charge >= 0.3 is 0 Å². The molecule has 0 bridgehead atoms. The Kier molecular flexibility index (Phi) is 6.12. The Balaban J connectivity index is 2.14. The van der Waals surface area contributed by atoms with Crippen LogP contribution in [0.1, 0.15) is 32.6 Å². The molecule has 0 unspecified atom stereocenters. The number of para-hydroxylation sites is 1. The quantitative estimate of drug-likeness (QED) is 0.625. The van der Waals surface area contributed by atoms with E-state index in [0.717, 1.165) is 23.9 Å². The first kappa shape index (κ1) is 15.1. The number of amidine groups is 1. The maximum Gasteiger partial charge on any atom is 0.164 e. The van der Waals surface area contributed by atoms with Gasteiger partial charge in [-0.25, -0.2) is 4.99 Å². The van der Waals surface area contributed by atoms with Crippen molar-refractivity contribution in [3.8, 4) is 0 Å². The zero-order valence-corrected chi connectivity index (χ0v) is 12.9. The van der Waals surface area contributed by atoms with Crippen molar-refractivity contribution in [2.75, 3.05) is 18.8 Å². The van der Waals surface area contributed by atoms with E-state index in [2.05, 4.69) is 4.90 Å². The summed E-state index contributed by atoms with van der Waals surface area (Å²) in [7, 11) is 0. The number of likely N-dealkylation sites (tertiary alicyclic amines) is 1. The fourth-order valence-corrected chi connectivity index (χ4v) is 3.10. The molecule has 0 radical (unpaired) electrons. The zero-order valence-electron chi connectivity index (χ0n) is 12.0. The number of carbonyl (C=O) groups is 1. The molecule has 0 saturated carbocycles. The third kappa shape index (κ3) is 5.00. The molecule has 1 aromatic rings. The Bertz CT molecular complexity index is 451. The third-order valence-corrected chi connectivity index (χ3v) is 4.42. The van der Waals surface area contributed by atoms with Crippen LogP contribution in [-0.2, 0) is 4.79 Å². The van der Waals surface area contributed by atoms with Gasteiger partial charge in [0.1, 0.15) is 5.78 Å². The number of hydrogen-bond donors (Lipinski definition) is 0. The first-order chi connectivity index (χ1) is 9.75. The molecule has 1 aliphatic heterocycles. The van der Waals surface area contributed by atoms with Gasteiger partial charge in [0.05, 0.1) is 11.4 Å². The normalized spacial score (nSPS) is 16.9. The van der Waals surface area contributed by atoms with E-state index < -0.39 is 0 Å². The number of thioether (sulfide) groups is 1. The number of benzene rings is 1. The molecule has 1 aliphatic rings. The Morgan fingerprint density at radius 1 is 1.15 bits per heavy atom. The van der Waals surface area contributed by atoms with Crippen molar-refractivity contribution in [2.24, 2.45) is 4.99 Å². The number of rotatable bonds is 3. The second-order valence-corrected chi connectivity index (χ2v) is 6.06. The summed E-state index contributed by atoms with van der Waals surface area (Å²) in [6, 6.07) is 9.99. The van der Waals surface area contributed by atoms with E-state index in [1.807, 2.05) is 30.3 Å². The highest BCUT2D eigenvalue weighted by Gasteiger charge is 2.15. The summed E-state index contributed by atoms with van der Waals surface area (Å²) in [6.07, 6.45) is 5.03. The topological polar surface area (TPSA) is 32.7 Å². The van der Waals surface area contributed by atoms with Gasteiger partial charge in [0.25, 0.3) is 0 Å². The molecule has 0 aliphatic carbocycles. The minimum atomic E-state index is 0.200. The molecule has 1 fully saturated rings. The smallest absolute Gasteiger partial charge is 0.164 e. The van der Waals surface area contributed by atoms with E-state index >= 15 is 0 Å². The number of Topliss-reactive ketones (excluding diaryl/α,β-unsaturated/α-hetero) is 1. The Hall–Kier alpha value is -1.29. The number of ketones is 1. The second-order valence-electron chi connectivity index (χ2n) is 5.12. The van der Waals surface area contributed by atoms with Gasteiger partial charge in [0.15, 0.2) is 5.17 Å². The number of carbonyl (C=O) groups excluding carboxylic acids is 1. The minimum absolute atomic E-state index is 0.200. The van der Waals surface area contributed by atoms with Gasteiger partial charge < -0.3 is 4.90 Å². The van der Waals surface area contributed by atoms with E-state index in [0.29, 0.717) is 5.75 Å². The van der Waals surface area contributed by atoms with Crippen LogP contribution in [0, 0.1) is 0 Å². The zero-order chi connectivity index (χ0) is 14.2. The molecule has 0 spiro atoms. The van der Waals surface area contributed by atoms with Crippen LogP contribution in [0.4, 0.5) is 5.69 Å². The Labute approximate surface area is 125 Å². The van der Waals surface area contributed by atoms with Gasteiger partial charge in [-0.2, -0.15) is 0 Å². The van der Waals surface area contributed by atoms with Crippen molar-refractivity contribution < 1.29 is 4.79 Å². The summed E-state index contributed by atoms with van der Waals surface area (Å²) in [6.45, 7) is 3.74. The first-order valence-electron chi connectivity index (χ1n) is 7.26. The Morgan fingerprint density at radius 2 is 1.80 bits per heavy atom. The Morgan fingerprint density at radius 3 is 2.40 bits per heavy atom. The fourth-order valence-electron chi connectivity index (χ4n) is 2.24. The van der Waals surface area contributed by atoms with Crippen LogP contribution >= 0.6 is 11.8 Å². The van der Waals surface area contributed by atoms with Crippen molar-refractivity contribution in [1.29, 1.82) is 0 Å². The van der Waals surface area contributed by atoms with E-state index in [1.54, 1.807) is 18.7 Å². The molecule has 1 heterocycles. The molecular formula is C16H22N2OS. The van der Waals surface area contributed by atoms with Crippen molar-refractivity contribution in [2.45, 2.75) is 32.6 Å². The van der Waals surface area contributed by atoms with Crippen LogP contribution < -0.4 is 0 Å². The first-order valence-corrected chi connectivity index (χ1v) is 8.25. The summed E-state index contributed by atoms with van der Waals surface area (Å²) in [5, 5.41) is 0.994. The lowest BCUT2D eigenvalue weighted by Crippen LogP contribution is -2.30. The van der Waals surface area contributed by atoms with E-state index in [9.17, 15) is 4.79 Å². The maximum atomic E-state index is 11.3. The lowest BCUT2D eigenvalue weighted by Gasteiger charge is -2.23. The highest BCUT2D eigenvalue weighted by atomic mass is 32.2. The van der Waals surface area contributed by atoms with E-state index in [1.165, 1.54) is 25.7 Å². The largest absolute Gasteiger partial charge is 0.351 e. The SMILES string of the molecule is CC(=O)CSC(=Nc1ccccc1)N1CCCCCC1. The molecule has 0 N–H and O–H groups in total. The predicted molar refractivity (Wildman–Crippen MR) is 86.7 cm³/mol. The molecule has 0 amide bonds. The van der Waals surface area contributed by atoms with Crippen LogP contribution in [0.5, 0.6) is 0 Å². The highest BCUT2D eigenvalue weighted by molar-refractivity contribution is 8.14. The van der Waals surface area contributed by atoms with Crippen molar-refractivity contribution in [3.63, 3.8) is 0 Å². The molecule has 4 heteroatoms. The summed E-state index contributed by atoms with van der Waals surface area (Å²) in [5.41, 5.74) is 0.961. The molecule has 108 valence electrons. The average molecular weight is 290 g/mol. The summed E-state index contributed by atoms with van der Waals surface area (Å²) in [5.74, 6) is 0.702. The van der Waals surface area contributed by atoms with Gasteiger partial charge in [-0.05, 0) is 31.9 Å². The molecule has 3 nitrogen and oxygen atoms in total. The van der Waals surface area contributed by atoms with Crippen molar-refractivity contribution in [1.82, 2.24) is 4.90 Å². The van der Waals surface area contributed by atoms with Gasteiger partial charge in [-0.15, -0.1) is 0 Å². The number of nitrogens with zero attached hydrogens (tertiary/aromatic N) is 2. The predicted octanol–water partition coefficient (Wildman–Crippen LogP) is 3.87. The van der Waals surface area contributed by atoms with Crippen LogP contribution in [0.15, 0.2) is 35.3 Å². The standard InChI is InChI=1S/C16H22N2OS/c1-14(19)13-20-16(17-15-9-5-4-6-10-15)18-11-7-2-3-8-12-18/h4-6,9-10H,2-3,7-8,11-13H2,1H3. The average Bonchev–Trinajstić information content (AvgIpc) is 2.73. The van der Waals surface area contributed by atoms with Crippen LogP contribution in [0.3, 0.4) is 0 Å². The summed E-state index contributed by atoms with van der Waals surface area (Å²) >= 11 is 1.57. The van der Waals surface area contributed by atoms with Gasteiger partial charge in [-0.3, -0.25) is 4.79 Å². The molecular weight excluding hydrogens is 268 g/mol. The molecule has 2 rings (SSSR count). The van der Waals surface area contributed by atoms with Crippen LogP contribution in [0.2, 0.25) is 0 Å². The lowest BCUT2D eigenvalue weighted by atomic mass is 10.2. The molecule has 1 saturated heterocycles. The molecule has 0 atom stereocenters. The summed E-state index contributed by atoms with van der Waals surface area (Å²) < 4.78 is 0. The third-order valence-electron chi connectivity index (χ3n) is 3.26. The molecule has 20 heavy (non-hydrogen) atoms. The highest BCUT2D eigenvalue weighted by Crippen LogP contribution is 2.20. The summed E-state index contributed by atoms with van der Waals surface area (Å²) in [4.78, 5) is 18.3. The van der Waals surface area contributed by atoms with Crippen molar-refractivity contribution >= 4 is 28.4 Å². The fraction of sp³-hybridized carbons (Fsp3) is 0.500. The van der Waals surface area contributed by atoms with Crippen LogP contribution in [0.25, 0.3) is 0 Å². The second kappa shape index (κ2) is 8.10. The minimum Gasteiger partial charge on any atom is -0.351 e. The lowest BCUT2D eigenvalue weighted by molar-refractivity contribution is -0.114. The number of hydrogen-bond acceptors (Lipinski definition) is 3. The van der Waals surface area contributed by atoms with Crippen LogP contribution in [-0.4, -0.2) is 34.7 Å². The monoisotopic (exact) mass is 290 g/mol. The van der Waals surface area contributed by atoms with Gasteiger partial charge in [-0.1, -0.05) is 42.8 Å². The molecule has 1 aromatic carbocycles. The van der Waals surface area contributed by atoms with E-state index in [-0.39, 0.29) is 5.78 Å². The van der Waals surface area contributed by atoms with Gasteiger partial charge in [0, 0.05) is 13.1 Å². The van der Waals surface area contributed by atoms with Gasteiger partial charge in [0.2, 0.25) is 0 Å². The number of aliphatic imine (C=N–C) groups is 1. The molecule has 0 aromatic heterocycles. The van der Waals surface area contributed by atoms with E-state index in [4.69, 9.17) is 4.99 Å². The van der Waals surface area contributed by atoms with Crippen molar-refractivity contribution in [3.05, 3.63) is 30.3 Å².